The summed E-state index contributed by atoms with van der Waals surface area (Å²) in [4.78, 5) is 24.6. The molecule has 0 unspecified atom stereocenters. The number of hydrogen-bond donors (Lipinski definition) is 0. The van der Waals surface area contributed by atoms with Crippen LogP contribution in [-0.2, 0) is 24.1 Å². The number of methoxy groups -OCH3 is 1. The zero-order valence-electron chi connectivity index (χ0n) is 16.3. The molecule has 3 rings (SSSR count). The first-order valence-electron chi connectivity index (χ1n) is 8.56. The molecular weight excluding hydrogens is 401 g/mol. The summed E-state index contributed by atoms with van der Waals surface area (Å²) in [6.45, 7) is -0.506. The number of aromatic nitrogens is 2. The Bertz CT molecular complexity index is 1280. The molecule has 8 nitrogen and oxygen atoms in total. The maximum atomic E-state index is 13.5. The molecule has 0 aliphatic heterocycles. The van der Waals surface area contributed by atoms with E-state index < -0.39 is 28.2 Å². The molecule has 0 saturated heterocycles. The van der Waals surface area contributed by atoms with E-state index in [-0.39, 0.29) is 21.9 Å². The quantitative estimate of drug-likeness (QED) is 0.563. The molecule has 1 aromatic heterocycles. The van der Waals surface area contributed by atoms with E-state index >= 15 is 0 Å². The van der Waals surface area contributed by atoms with Crippen LogP contribution in [0, 0.1) is 5.82 Å². The molecule has 0 N–H and O–H groups in total. The Hall–Kier alpha value is -2.98. The molecule has 0 bridgehead atoms. The number of rotatable bonds is 6. The number of imidazole rings is 1. The van der Waals surface area contributed by atoms with Crippen LogP contribution in [0.4, 0.5) is 4.39 Å². The third-order valence-electron chi connectivity index (χ3n) is 4.78. The molecule has 0 aliphatic carbocycles. The van der Waals surface area contributed by atoms with Crippen molar-refractivity contribution >= 4 is 26.8 Å². The number of aryl methyl sites for hydroxylation is 2. The minimum atomic E-state index is -4.03. The number of sulfonamides is 1. The number of Topliss-reactive ketones (excluding diaryl/α,β-unsaturated/α-hetero) is 1. The number of benzene rings is 2. The topological polar surface area (TPSA) is 90.6 Å². The SMILES string of the molecule is COc1ccc(F)cc1C(=O)CN(C)S(=O)(=O)c1ccc2c(c1)n(C)c(=O)n2C. The van der Waals surface area contributed by atoms with Crippen molar-refractivity contribution in [2.75, 3.05) is 20.7 Å². The van der Waals surface area contributed by atoms with Gasteiger partial charge >= 0.3 is 5.69 Å². The Morgan fingerprint density at radius 1 is 1.10 bits per heavy atom. The Morgan fingerprint density at radius 2 is 1.76 bits per heavy atom. The Morgan fingerprint density at radius 3 is 2.41 bits per heavy atom. The first-order valence-corrected chi connectivity index (χ1v) is 10.0. The van der Waals surface area contributed by atoms with Crippen molar-refractivity contribution in [3.63, 3.8) is 0 Å². The zero-order valence-corrected chi connectivity index (χ0v) is 17.2. The van der Waals surface area contributed by atoms with Crippen LogP contribution in [0.25, 0.3) is 11.0 Å². The molecule has 0 fully saturated rings. The van der Waals surface area contributed by atoms with Crippen LogP contribution in [0.3, 0.4) is 0 Å². The average Bonchev–Trinajstić information content (AvgIpc) is 2.91. The van der Waals surface area contributed by atoms with Crippen LogP contribution in [0.5, 0.6) is 5.75 Å². The van der Waals surface area contributed by atoms with Crippen molar-refractivity contribution in [3.05, 3.63) is 58.3 Å². The number of ether oxygens (including phenoxy) is 1. The Balaban J connectivity index is 1.95. The zero-order chi connectivity index (χ0) is 21.5. The highest BCUT2D eigenvalue weighted by atomic mass is 32.2. The van der Waals surface area contributed by atoms with Gasteiger partial charge in [0.1, 0.15) is 11.6 Å². The van der Waals surface area contributed by atoms with Gasteiger partial charge in [-0.05, 0) is 36.4 Å². The first-order chi connectivity index (χ1) is 13.6. The number of likely N-dealkylation sites (N-methyl/N-ethyl adjacent to an activating group) is 1. The molecule has 0 saturated carbocycles. The summed E-state index contributed by atoms with van der Waals surface area (Å²) in [5.74, 6) is -1.08. The van der Waals surface area contributed by atoms with Crippen molar-refractivity contribution < 1.29 is 22.3 Å². The largest absolute Gasteiger partial charge is 0.496 e. The summed E-state index contributed by atoms with van der Waals surface area (Å²) < 4.78 is 48.1. The molecule has 10 heteroatoms. The summed E-state index contributed by atoms with van der Waals surface area (Å²) in [5, 5.41) is 0. The second-order valence-electron chi connectivity index (χ2n) is 6.58. The lowest BCUT2D eigenvalue weighted by Crippen LogP contribution is -2.32. The monoisotopic (exact) mass is 421 g/mol. The van der Waals surface area contributed by atoms with Gasteiger partial charge < -0.3 is 4.74 Å². The Labute approximate surface area is 166 Å². The highest BCUT2D eigenvalue weighted by Gasteiger charge is 2.26. The van der Waals surface area contributed by atoms with Gasteiger partial charge in [-0.2, -0.15) is 4.31 Å². The Kier molecular flexibility index (Phi) is 5.33. The molecule has 0 atom stereocenters. The lowest BCUT2D eigenvalue weighted by atomic mass is 10.1. The fourth-order valence-corrected chi connectivity index (χ4v) is 4.25. The summed E-state index contributed by atoms with van der Waals surface area (Å²) in [6, 6.07) is 7.76. The number of carbonyl (C=O) groups excluding carboxylic acids is 1. The number of nitrogens with zero attached hydrogens (tertiary/aromatic N) is 3. The van der Waals surface area contributed by atoms with E-state index in [1.54, 1.807) is 14.1 Å². The minimum absolute atomic E-state index is 0.0459. The summed E-state index contributed by atoms with van der Waals surface area (Å²) >= 11 is 0. The lowest BCUT2D eigenvalue weighted by Gasteiger charge is -2.17. The van der Waals surface area contributed by atoms with Crippen LogP contribution < -0.4 is 10.4 Å². The standard InChI is InChI=1S/C19H20FN3O5S/c1-21(11-17(24)14-9-12(20)5-8-18(14)28-4)29(26,27)13-6-7-15-16(10-13)23(3)19(25)22(15)2/h5-10H,11H2,1-4H3. The van der Waals surface area contributed by atoms with E-state index in [9.17, 15) is 22.4 Å². The normalized spacial score (nSPS) is 11.9. The van der Waals surface area contributed by atoms with Crippen molar-refractivity contribution in [3.8, 4) is 5.75 Å². The molecular formula is C19H20FN3O5S. The van der Waals surface area contributed by atoms with Gasteiger partial charge in [0.25, 0.3) is 0 Å². The van der Waals surface area contributed by atoms with Crippen molar-refractivity contribution in [2.24, 2.45) is 14.1 Å². The number of ketones is 1. The van der Waals surface area contributed by atoms with Gasteiger partial charge in [-0.25, -0.2) is 17.6 Å². The highest BCUT2D eigenvalue weighted by Crippen LogP contribution is 2.23. The molecule has 0 aliphatic rings. The lowest BCUT2D eigenvalue weighted by molar-refractivity contribution is 0.0969. The highest BCUT2D eigenvalue weighted by molar-refractivity contribution is 7.89. The van der Waals surface area contributed by atoms with Gasteiger partial charge in [-0.1, -0.05) is 0 Å². The maximum Gasteiger partial charge on any atom is 0.328 e. The molecule has 3 aromatic rings. The summed E-state index contributed by atoms with van der Waals surface area (Å²) in [5.41, 5.74) is 0.705. The third kappa shape index (κ3) is 3.56. The van der Waals surface area contributed by atoms with Gasteiger partial charge in [0, 0.05) is 21.1 Å². The summed E-state index contributed by atoms with van der Waals surface area (Å²) in [6.07, 6.45) is 0. The predicted molar refractivity (Wildman–Crippen MR) is 105 cm³/mol. The first kappa shape index (κ1) is 20.7. The summed E-state index contributed by atoms with van der Waals surface area (Å²) in [7, 11) is 1.70. The van der Waals surface area contributed by atoms with Crippen LogP contribution in [0.2, 0.25) is 0 Å². The van der Waals surface area contributed by atoms with E-state index in [0.29, 0.717) is 11.0 Å². The molecule has 1 heterocycles. The molecule has 0 amide bonds. The van der Waals surface area contributed by atoms with Gasteiger partial charge in [-0.3, -0.25) is 13.9 Å². The minimum Gasteiger partial charge on any atom is -0.496 e. The number of hydrogen-bond acceptors (Lipinski definition) is 5. The van der Waals surface area contributed by atoms with Gasteiger partial charge in [-0.15, -0.1) is 0 Å². The maximum absolute atomic E-state index is 13.5. The fraction of sp³-hybridized carbons (Fsp3) is 0.263. The van der Waals surface area contributed by atoms with E-state index in [1.165, 1.54) is 47.6 Å². The molecule has 154 valence electrons. The number of halogens is 1. The van der Waals surface area contributed by atoms with Crippen molar-refractivity contribution in [2.45, 2.75) is 4.90 Å². The van der Waals surface area contributed by atoms with E-state index in [4.69, 9.17) is 4.74 Å². The third-order valence-corrected chi connectivity index (χ3v) is 6.58. The van der Waals surface area contributed by atoms with Crippen LogP contribution in [-0.4, -0.2) is 48.3 Å². The van der Waals surface area contributed by atoms with Gasteiger partial charge in [0.15, 0.2) is 5.78 Å². The average molecular weight is 421 g/mol. The fourth-order valence-electron chi connectivity index (χ4n) is 3.10. The smallest absolute Gasteiger partial charge is 0.328 e. The van der Waals surface area contributed by atoms with Gasteiger partial charge in [0.2, 0.25) is 10.0 Å². The number of carbonyl (C=O) groups is 1. The van der Waals surface area contributed by atoms with E-state index in [2.05, 4.69) is 0 Å². The van der Waals surface area contributed by atoms with Crippen molar-refractivity contribution in [1.29, 1.82) is 0 Å². The molecule has 0 radical (unpaired) electrons. The van der Waals surface area contributed by atoms with Crippen molar-refractivity contribution in [1.82, 2.24) is 13.4 Å². The molecule has 0 spiro atoms. The molecule has 2 aromatic carbocycles. The van der Waals surface area contributed by atoms with Crippen LogP contribution >= 0.6 is 0 Å². The second kappa shape index (κ2) is 7.45. The van der Waals surface area contributed by atoms with E-state index in [1.807, 2.05) is 0 Å². The second-order valence-corrected chi connectivity index (χ2v) is 8.62. The van der Waals surface area contributed by atoms with E-state index in [0.717, 1.165) is 16.4 Å². The number of fused-ring (bicyclic) bond motifs is 1. The van der Waals surface area contributed by atoms with Crippen LogP contribution in [0.15, 0.2) is 46.1 Å². The molecule has 29 heavy (non-hydrogen) atoms. The van der Waals surface area contributed by atoms with Gasteiger partial charge in [0.05, 0.1) is 35.1 Å². The predicted octanol–water partition coefficient (Wildman–Crippen LogP) is 1.53. The van der Waals surface area contributed by atoms with Crippen LogP contribution in [0.1, 0.15) is 10.4 Å².